The highest BCUT2D eigenvalue weighted by Gasteiger charge is 2.28. The van der Waals surface area contributed by atoms with Gasteiger partial charge in [0.1, 0.15) is 0 Å². The molecule has 1 aliphatic carbocycles. The number of hydrogen-bond donors (Lipinski definition) is 1. The molecule has 2 rings (SSSR count). The molecule has 0 heterocycles. The Bertz CT molecular complexity index is 444. The second-order valence-electron chi connectivity index (χ2n) is 4.58. The SMILES string of the molecule is CC(C)C1=Cc2ccccc2C1CC(=O)O. The number of aliphatic carboxylic acids is 1. The van der Waals surface area contributed by atoms with E-state index in [0.29, 0.717) is 5.92 Å². The number of carboxylic acid groups (broad SMARTS) is 1. The van der Waals surface area contributed by atoms with Crippen LogP contribution in [-0.2, 0) is 4.79 Å². The minimum atomic E-state index is -0.728. The number of rotatable bonds is 3. The highest BCUT2D eigenvalue weighted by atomic mass is 16.4. The van der Waals surface area contributed by atoms with Gasteiger partial charge in [0.15, 0.2) is 0 Å². The average Bonchev–Trinajstić information content (AvgIpc) is 2.57. The van der Waals surface area contributed by atoms with Gasteiger partial charge in [-0.15, -0.1) is 0 Å². The van der Waals surface area contributed by atoms with Gasteiger partial charge in [-0.05, 0) is 17.0 Å². The fourth-order valence-electron chi connectivity index (χ4n) is 2.39. The summed E-state index contributed by atoms with van der Waals surface area (Å²) in [5.41, 5.74) is 3.58. The summed E-state index contributed by atoms with van der Waals surface area (Å²) >= 11 is 0. The van der Waals surface area contributed by atoms with E-state index >= 15 is 0 Å². The highest BCUT2D eigenvalue weighted by molar-refractivity contribution is 5.74. The Morgan fingerprint density at radius 2 is 2.06 bits per heavy atom. The Morgan fingerprint density at radius 1 is 1.38 bits per heavy atom. The molecule has 0 amide bonds. The van der Waals surface area contributed by atoms with Gasteiger partial charge in [0.05, 0.1) is 6.42 Å². The van der Waals surface area contributed by atoms with Crippen LogP contribution in [0, 0.1) is 5.92 Å². The molecule has 2 heteroatoms. The topological polar surface area (TPSA) is 37.3 Å². The molecule has 1 atom stereocenters. The monoisotopic (exact) mass is 216 g/mol. The molecule has 1 N–H and O–H groups in total. The van der Waals surface area contributed by atoms with Gasteiger partial charge in [0.25, 0.3) is 0 Å². The second-order valence-corrected chi connectivity index (χ2v) is 4.58. The summed E-state index contributed by atoms with van der Waals surface area (Å²) in [6, 6.07) is 8.07. The number of allylic oxidation sites excluding steroid dienone is 1. The predicted octanol–water partition coefficient (Wildman–Crippen LogP) is 3.30. The maximum atomic E-state index is 10.9. The number of benzene rings is 1. The first-order chi connectivity index (χ1) is 7.59. The summed E-state index contributed by atoms with van der Waals surface area (Å²) in [4.78, 5) is 10.9. The Morgan fingerprint density at radius 3 is 2.69 bits per heavy atom. The van der Waals surface area contributed by atoms with Crippen molar-refractivity contribution in [1.29, 1.82) is 0 Å². The summed E-state index contributed by atoms with van der Waals surface area (Å²) in [6.45, 7) is 4.24. The van der Waals surface area contributed by atoms with Gasteiger partial charge in [-0.3, -0.25) is 4.79 Å². The maximum absolute atomic E-state index is 10.9. The third-order valence-corrected chi connectivity index (χ3v) is 3.14. The van der Waals surface area contributed by atoms with Crippen LogP contribution in [0.1, 0.15) is 37.3 Å². The van der Waals surface area contributed by atoms with E-state index in [4.69, 9.17) is 5.11 Å². The third-order valence-electron chi connectivity index (χ3n) is 3.14. The number of fused-ring (bicyclic) bond motifs is 1. The van der Waals surface area contributed by atoms with Gasteiger partial charge in [-0.25, -0.2) is 0 Å². The van der Waals surface area contributed by atoms with Crippen LogP contribution in [0.15, 0.2) is 29.8 Å². The molecule has 0 fully saturated rings. The lowest BCUT2D eigenvalue weighted by molar-refractivity contribution is -0.137. The molecule has 0 spiro atoms. The van der Waals surface area contributed by atoms with Crippen LogP contribution < -0.4 is 0 Å². The summed E-state index contributed by atoms with van der Waals surface area (Å²) in [5, 5.41) is 8.97. The minimum absolute atomic E-state index is 0.0636. The van der Waals surface area contributed by atoms with E-state index in [9.17, 15) is 4.79 Å². The number of carboxylic acids is 1. The molecule has 0 saturated carbocycles. The summed E-state index contributed by atoms with van der Waals surface area (Å²) in [7, 11) is 0. The van der Waals surface area contributed by atoms with Crippen molar-refractivity contribution in [2.45, 2.75) is 26.2 Å². The number of hydrogen-bond acceptors (Lipinski definition) is 1. The van der Waals surface area contributed by atoms with E-state index in [1.54, 1.807) is 0 Å². The molecule has 1 aromatic carbocycles. The van der Waals surface area contributed by atoms with Crippen molar-refractivity contribution in [3.63, 3.8) is 0 Å². The van der Waals surface area contributed by atoms with Gasteiger partial charge in [0.2, 0.25) is 0 Å². The van der Waals surface area contributed by atoms with Gasteiger partial charge in [-0.1, -0.05) is 49.8 Å². The van der Waals surface area contributed by atoms with Crippen LogP contribution in [0.2, 0.25) is 0 Å². The lowest BCUT2D eigenvalue weighted by Crippen LogP contribution is -2.09. The summed E-state index contributed by atoms with van der Waals surface area (Å²) in [6.07, 6.45) is 2.34. The molecule has 0 aliphatic heterocycles. The molecule has 1 aliphatic rings. The van der Waals surface area contributed by atoms with E-state index in [1.807, 2.05) is 18.2 Å². The normalized spacial score (nSPS) is 18.4. The first kappa shape index (κ1) is 10.9. The lowest BCUT2D eigenvalue weighted by atomic mass is 9.87. The molecule has 0 radical (unpaired) electrons. The molecular weight excluding hydrogens is 200 g/mol. The van der Waals surface area contributed by atoms with Crippen molar-refractivity contribution in [2.24, 2.45) is 5.92 Å². The van der Waals surface area contributed by atoms with Crippen molar-refractivity contribution < 1.29 is 9.90 Å². The lowest BCUT2D eigenvalue weighted by Gasteiger charge is -2.17. The fraction of sp³-hybridized carbons (Fsp3) is 0.357. The van der Waals surface area contributed by atoms with Gasteiger partial charge < -0.3 is 5.11 Å². The summed E-state index contributed by atoms with van der Waals surface area (Å²) < 4.78 is 0. The van der Waals surface area contributed by atoms with Crippen molar-refractivity contribution in [2.75, 3.05) is 0 Å². The zero-order chi connectivity index (χ0) is 11.7. The highest BCUT2D eigenvalue weighted by Crippen LogP contribution is 2.41. The predicted molar refractivity (Wildman–Crippen MR) is 64.3 cm³/mol. The molecular formula is C14H16O2. The Kier molecular flexibility index (Phi) is 2.82. The van der Waals surface area contributed by atoms with E-state index in [-0.39, 0.29) is 12.3 Å². The molecule has 16 heavy (non-hydrogen) atoms. The molecule has 1 aromatic rings. The van der Waals surface area contributed by atoms with Crippen LogP contribution in [0.3, 0.4) is 0 Å². The van der Waals surface area contributed by atoms with Crippen molar-refractivity contribution in [1.82, 2.24) is 0 Å². The minimum Gasteiger partial charge on any atom is -0.481 e. The molecule has 0 bridgehead atoms. The Balaban J connectivity index is 2.39. The maximum Gasteiger partial charge on any atom is 0.304 e. The average molecular weight is 216 g/mol. The van der Waals surface area contributed by atoms with Crippen LogP contribution in [0.4, 0.5) is 0 Å². The third kappa shape index (κ3) is 1.87. The van der Waals surface area contributed by atoms with E-state index in [0.717, 1.165) is 5.56 Å². The van der Waals surface area contributed by atoms with E-state index in [2.05, 4.69) is 26.0 Å². The molecule has 0 aromatic heterocycles. The smallest absolute Gasteiger partial charge is 0.304 e. The molecule has 84 valence electrons. The van der Waals surface area contributed by atoms with E-state index < -0.39 is 5.97 Å². The van der Waals surface area contributed by atoms with Crippen LogP contribution in [0.25, 0.3) is 6.08 Å². The van der Waals surface area contributed by atoms with Gasteiger partial charge in [0, 0.05) is 5.92 Å². The first-order valence-corrected chi connectivity index (χ1v) is 5.61. The van der Waals surface area contributed by atoms with Crippen LogP contribution in [0.5, 0.6) is 0 Å². The first-order valence-electron chi connectivity index (χ1n) is 5.61. The van der Waals surface area contributed by atoms with Crippen molar-refractivity contribution in [3.8, 4) is 0 Å². The molecule has 0 saturated heterocycles. The van der Waals surface area contributed by atoms with Gasteiger partial charge in [-0.2, -0.15) is 0 Å². The number of carbonyl (C=O) groups is 1. The fourth-order valence-corrected chi connectivity index (χ4v) is 2.39. The van der Waals surface area contributed by atoms with Crippen LogP contribution in [-0.4, -0.2) is 11.1 Å². The largest absolute Gasteiger partial charge is 0.481 e. The van der Waals surface area contributed by atoms with Crippen LogP contribution >= 0.6 is 0 Å². The molecule has 1 unspecified atom stereocenters. The molecule has 2 nitrogen and oxygen atoms in total. The zero-order valence-electron chi connectivity index (χ0n) is 9.60. The standard InChI is InChI=1S/C14H16O2/c1-9(2)12-7-10-5-3-4-6-11(10)13(12)8-14(15)16/h3-7,9,13H,8H2,1-2H3,(H,15,16). The van der Waals surface area contributed by atoms with Crippen molar-refractivity contribution in [3.05, 3.63) is 41.0 Å². The quantitative estimate of drug-likeness (QED) is 0.841. The van der Waals surface area contributed by atoms with Crippen molar-refractivity contribution >= 4 is 12.0 Å². The van der Waals surface area contributed by atoms with Gasteiger partial charge >= 0.3 is 5.97 Å². The zero-order valence-corrected chi connectivity index (χ0v) is 9.60. The second kappa shape index (κ2) is 4.12. The van der Waals surface area contributed by atoms with E-state index in [1.165, 1.54) is 11.1 Å². The summed E-state index contributed by atoms with van der Waals surface area (Å²) in [5.74, 6) is -0.265. The Hall–Kier alpha value is -1.57. The Labute approximate surface area is 95.6 Å².